The van der Waals surface area contributed by atoms with E-state index >= 15 is 0 Å². The molecular weight excluding hydrogens is 377 g/mol. The normalized spacial score (nSPS) is 17.0. The average molecular weight is 400 g/mol. The van der Waals surface area contributed by atoms with Gasteiger partial charge in [-0.2, -0.15) is 5.10 Å². The van der Waals surface area contributed by atoms with Gasteiger partial charge in [-0.25, -0.2) is 0 Å². The molecule has 2 aliphatic rings. The Hall–Kier alpha value is -2.23. The summed E-state index contributed by atoms with van der Waals surface area (Å²) in [4.78, 5) is 0. The fourth-order valence-corrected chi connectivity index (χ4v) is 3.81. The van der Waals surface area contributed by atoms with Crippen molar-refractivity contribution in [1.82, 2.24) is 10.3 Å². The monoisotopic (exact) mass is 399 g/mol. The maximum atomic E-state index is 6.31. The van der Waals surface area contributed by atoms with Crippen LogP contribution in [0.25, 0.3) is 5.57 Å². The molecule has 0 radical (unpaired) electrons. The summed E-state index contributed by atoms with van der Waals surface area (Å²) in [5, 5.41) is 10.8. The van der Waals surface area contributed by atoms with Crippen LogP contribution in [0.2, 0.25) is 0 Å². The van der Waals surface area contributed by atoms with E-state index < -0.39 is 0 Å². The highest BCUT2D eigenvalue weighted by atomic mass is 35.5. The number of hydrogen-bond donors (Lipinski definition) is 1. The molecule has 1 heterocycles. The van der Waals surface area contributed by atoms with Crippen molar-refractivity contribution in [3.8, 4) is 0 Å². The van der Waals surface area contributed by atoms with Crippen LogP contribution in [0.3, 0.4) is 0 Å². The summed E-state index contributed by atoms with van der Waals surface area (Å²) in [7, 11) is 1.90. The van der Waals surface area contributed by atoms with Crippen LogP contribution in [0.4, 0.5) is 0 Å². The van der Waals surface area contributed by atoms with E-state index in [2.05, 4.69) is 47.8 Å². The summed E-state index contributed by atoms with van der Waals surface area (Å²) < 4.78 is 0. The smallest absolute Gasteiger partial charge is 0.0597 e. The minimum absolute atomic E-state index is 0.683. The zero-order valence-electron chi connectivity index (χ0n) is 15.4. The molecule has 1 aliphatic carbocycles. The van der Waals surface area contributed by atoms with E-state index in [1.165, 1.54) is 5.56 Å². The van der Waals surface area contributed by atoms with E-state index in [9.17, 15) is 0 Å². The first-order chi connectivity index (χ1) is 13.0. The third-order valence-corrected chi connectivity index (χ3v) is 5.42. The van der Waals surface area contributed by atoms with Crippen molar-refractivity contribution in [1.29, 1.82) is 0 Å². The van der Waals surface area contributed by atoms with Crippen LogP contribution in [0, 0.1) is 0 Å². The SMILES string of the molecule is C=C(NCCc1ccc(C2=CC=NN(C)C2=C)cc1)C1=C(Cl)CCC=C1Cl. The number of halogens is 2. The van der Waals surface area contributed by atoms with E-state index in [1.54, 1.807) is 11.2 Å². The van der Waals surface area contributed by atoms with Gasteiger partial charge >= 0.3 is 0 Å². The molecule has 0 aromatic heterocycles. The van der Waals surface area contributed by atoms with Gasteiger partial charge in [0.25, 0.3) is 0 Å². The van der Waals surface area contributed by atoms with E-state index in [1.807, 2.05) is 19.2 Å². The molecule has 0 saturated heterocycles. The number of allylic oxidation sites excluding steroid dienone is 5. The lowest BCUT2D eigenvalue weighted by Crippen LogP contribution is -2.19. The molecule has 3 nitrogen and oxygen atoms in total. The van der Waals surface area contributed by atoms with Crippen molar-refractivity contribution in [3.05, 3.63) is 87.7 Å². The summed E-state index contributed by atoms with van der Waals surface area (Å²) in [6.45, 7) is 8.95. The van der Waals surface area contributed by atoms with Crippen molar-refractivity contribution < 1.29 is 0 Å². The number of rotatable bonds is 6. The molecule has 0 spiro atoms. The van der Waals surface area contributed by atoms with Crippen molar-refractivity contribution in [2.24, 2.45) is 5.10 Å². The first kappa shape index (κ1) is 19.5. The number of hydrogen-bond acceptors (Lipinski definition) is 3. The van der Waals surface area contributed by atoms with Gasteiger partial charge < -0.3 is 5.32 Å². The largest absolute Gasteiger partial charge is 0.385 e. The molecular formula is C22H23Cl2N3. The van der Waals surface area contributed by atoms with Gasteiger partial charge in [-0.05, 0) is 36.5 Å². The molecule has 1 N–H and O–H groups in total. The summed E-state index contributed by atoms with van der Waals surface area (Å²) in [5.41, 5.74) is 5.98. The second-order valence-corrected chi connectivity index (χ2v) is 7.40. The minimum Gasteiger partial charge on any atom is -0.385 e. The van der Waals surface area contributed by atoms with Crippen LogP contribution in [0.5, 0.6) is 0 Å². The van der Waals surface area contributed by atoms with Crippen LogP contribution in [-0.4, -0.2) is 24.8 Å². The van der Waals surface area contributed by atoms with Gasteiger partial charge in [0.1, 0.15) is 0 Å². The molecule has 0 atom stereocenters. The summed E-state index contributed by atoms with van der Waals surface area (Å²) in [5.74, 6) is 0. The molecule has 1 aromatic carbocycles. The second-order valence-electron chi connectivity index (χ2n) is 6.54. The van der Waals surface area contributed by atoms with E-state index in [0.717, 1.165) is 58.9 Å². The molecule has 5 heteroatoms. The Labute approximate surface area is 171 Å². The summed E-state index contributed by atoms with van der Waals surface area (Å²) in [6, 6.07) is 8.52. The van der Waals surface area contributed by atoms with Gasteiger partial charge in [0.05, 0.1) is 5.70 Å². The minimum atomic E-state index is 0.683. The molecule has 27 heavy (non-hydrogen) atoms. The van der Waals surface area contributed by atoms with Gasteiger partial charge in [-0.15, -0.1) is 0 Å². The Morgan fingerprint density at radius 1 is 1.26 bits per heavy atom. The van der Waals surface area contributed by atoms with E-state index in [4.69, 9.17) is 23.2 Å². The quantitative estimate of drug-likeness (QED) is 0.676. The average Bonchev–Trinajstić information content (AvgIpc) is 2.64. The van der Waals surface area contributed by atoms with Gasteiger partial charge in [-0.1, -0.05) is 66.7 Å². The molecule has 0 unspecified atom stereocenters. The van der Waals surface area contributed by atoms with Crippen molar-refractivity contribution in [2.75, 3.05) is 13.6 Å². The molecule has 0 bridgehead atoms. The molecule has 0 saturated carbocycles. The Morgan fingerprint density at radius 2 is 2.00 bits per heavy atom. The first-order valence-corrected chi connectivity index (χ1v) is 9.67. The van der Waals surface area contributed by atoms with Crippen LogP contribution in [0.15, 0.2) is 81.7 Å². The van der Waals surface area contributed by atoms with Gasteiger partial charge in [-0.3, -0.25) is 5.01 Å². The maximum absolute atomic E-state index is 6.31. The number of benzene rings is 1. The first-order valence-electron chi connectivity index (χ1n) is 8.92. The highest BCUT2D eigenvalue weighted by Crippen LogP contribution is 2.33. The zero-order valence-corrected chi connectivity index (χ0v) is 16.9. The lowest BCUT2D eigenvalue weighted by Gasteiger charge is -2.22. The fraction of sp³-hybridized carbons (Fsp3) is 0.227. The summed E-state index contributed by atoms with van der Waals surface area (Å²) >= 11 is 12.6. The Morgan fingerprint density at radius 3 is 2.70 bits per heavy atom. The predicted octanol–water partition coefficient (Wildman–Crippen LogP) is 5.57. The topological polar surface area (TPSA) is 27.6 Å². The predicted molar refractivity (Wildman–Crippen MR) is 117 cm³/mol. The highest BCUT2D eigenvalue weighted by molar-refractivity contribution is 6.36. The number of likely N-dealkylation sites (N-methyl/N-ethyl adjacent to an activating group) is 1. The van der Waals surface area contributed by atoms with Crippen molar-refractivity contribution >= 4 is 35.0 Å². The van der Waals surface area contributed by atoms with E-state index in [0.29, 0.717) is 5.03 Å². The second kappa shape index (κ2) is 8.64. The lowest BCUT2D eigenvalue weighted by molar-refractivity contribution is 0.467. The van der Waals surface area contributed by atoms with Crippen LogP contribution in [-0.2, 0) is 6.42 Å². The Bertz CT molecular complexity index is 873. The lowest BCUT2D eigenvalue weighted by atomic mass is 10.00. The maximum Gasteiger partial charge on any atom is 0.0597 e. The fourth-order valence-electron chi connectivity index (χ4n) is 3.10. The van der Waals surface area contributed by atoms with Crippen LogP contribution < -0.4 is 5.32 Å². The Balaban J connectivity index is 1.57. The summed E-state index contributed by atoms with van der Waals surface area (Å²) in [6.07, 6.45) is 8.35. The number of nitrogens with zero attached hydrogens (tertiary/aromatic N) is 2. The van der Waals surface area contributed by atoms with Gasteiger partial charge in [0, 0.05) is 46.7 Å². The molecule has 3 rings (SSSR count). The van der Waals surface area contributed by atoms with Crippen LogP contribution >= 0.6 is 23.2 Å². The molecule has 0 fully saturated rings. The van der Waals surface area contributed by atoms with Crippen molar-refractivity contribution in [2.45, 2.75) is 19.3 Å². The van der Waals surface area contributed by atoms with E-state index in [-0.39, 0.29) is 0 Å². The zero-order chi connectivity index (χ0) is 19.4. The highest BCUT2D eigenvalue weighted by Gasteiger charge is 2.16. The molecule has 140 valence electrons. The molecule has 0 amide bonds. The van der Waals surface area contributed by atoms with Crippen LogP contribution in [0.1, 0.15) is 24.0 Å². The van der Waals surface area contributed by atoms with Gasteiger partial charge in [0.2, 0.25) is 0 Å². The number of hydrazone groups is 1. The molecule has 1 aliphatic heterocycles. The Kier molecular flexibility index (Phi) is 6.25. The van der Waals surface area contributed by atoms with Crippen molar-refractivity contribution in [3.63, 3.8) is 0 Å². The third-order valence-electron chi connectivity index (χ3n) is 4.70. The molecule has 1 aromatic rings. The van der Waals surface area contributed by atoms with Gasteiger partial charge in [0.15, 0.2) is 0 Å². The number of nitrogens with one attached hydrogen (secondary N) is 1. The third kappa shape index (κ3) is 4.55. The standard InChI is InChI=1S/C22H23Cl2N3/c1-15(22-20(23)5-4-6-21(22)24)25-13-11-17-7-9-18(10-8-17)19-12-14-26-27(3)16(19)2/h5,7-10,12,14,25H,1-2,4,6,11,13H2,3H3.